The van der Waals surface area contributed by atoms with Crippen molar-refractivity contribution in [2.75, 3.05) is 20.8 Å². The van der Waals surface area contributed by atoms with Crippen molar-refractivity contribution in [2.45, 2.75) is 6.18 Å². The maximum absolute atomic E-state index is 14.6. The molecule has 0 atom stereocenters. The Morgan fingerprint density at radius 2 is 1.80 bits per heavy atom. The van der Waals surface area contributed by atoms with Crippen molar-refractivity contribution in [1.29, 1.82) is 0 Å². The molecule has 0 N–H and O–H groups in total. The SMILES string of the molecule is COC(=O)/C=C(\COc1cc(-c2c(Cl)c(C(F)(F)F)n(C)c2Cl)c(F)cc1Cl)OC. The first-order valence-electron chi connectivity index (χ1n) is 7.97. The van der Waals surface area contributed by atoms with Gasteiger partial charge in [0, 0.05) is 18.2 Å². The molecule has 0 aliphatic heterocycles. The molecule has 0 aliphatic carbocycles. The van der Waals surface area contributed by atoms with Gasteiger partial charge in [0.1, 0.15) is 34.8 Å². The largest absolute Gasteiger partial charge is 0.497 e. The highest BCUT2D eigenvalue weighted by Gasteiger charge is 2.40. The fourth-order valence-corrected chi connectivity index (χ4v) is 3.46. The molecule has 0 aliphatic rings. The molecule has 1 aromatic carbocycles. The maximum Gasteiger partial charge on any atom is 0.432 e. The zero-order valence-corrected chi connectivity index (χ0v) is 17.9. The summed E-state index contributed by atoms with van der Waals surface area (Å²) in [6.45, 7) is -0.305. The Morgan fingerprint density at radius 3 is 2.30 bits per heavy atom. The van der Waals surface area contributed by atoms with Gasteiger partial charge in [-0.25, -0.2) is 9.18 Å². The number of methoxy groups -OCH3 is 2. The van der Waals surface area contributed by atoms with Crippen LogP contribution in [0, 0.1) is 5.82 Å². The van der Waals surface area contributed by atoms with E-state index < -0.39 is 33.8 Å². The van der Waals surface area contributed by atoms with Crippen LogP contribution < -0.4 is 4.74 Å². The molecule has 0 saturated heterocycles. The molecule has 0 unspecified atom stereocenters. The van der Waals surface area contributed by atoms with Gasteiger partial charge in [-0.05, 0) is 12.1 Å². The molecular weight excluding hydrogens is 477 g/mol. The van der Waals surface area contributed by atoms with Crippen LogP contribution in [0.2, 0.25) is 15.2 Å². The average molecular weight is 491 g/mol. The summed E-state index contributed by atoms with van der Waals surface area (Å²) >= 11 is 17.9. The van der Waals surface area contributed by atoms with Gasteiger partial charge in [0.15, 0.2) is 0 Å². The van der Waals surface area contributed by atoms with Crippen molar-refractivity contribution >= 4 is 40.8 Å². The van der Waals surface area contributed by atoms with Gasteiger partial charge < -0.3 is 18.8 Å². The second-order valence-corrected chi connectivity index (χ2v) is 6.92. The molecule has 2 aromatic rings. The molecule has 0 radical (unpaired) electrons. The lowest BCUT2D eigenvalue weighted by molar-refractivity contribution is -0.143. The number of esters is 1. The number of hydrogen-bond donors (Lipinski definition) is 0. The molecule has 0 spiro atoms. The van der Waals surface area contributed by atoms with Gasteiger partial charge in [-0.15, -0.1) is 0 Å². The molecule has 0 saturated carbocycles. The number of benzene rings is 1. The Kier molecular flexibility index (Phi) is 7.54. The third-order valence-corrected chi connectivity index (χ3v) is 5.04. The van der Waals surface area contributed by atoms with Gasteiger partial charge in [-0.2, -0.15) is 13.2 Å². The Morgan fingerprint density at radius 1 is 1.17 bits per heavy atom. The number of halogens is 7. The number of nitrogens with zero attached hydrogens (tertiary/aromatic N) is 1. The number of alkyl halides is 3. The van der Waals surface area contributed by atoms with Crippen LogP contribution in [0.5, 0.6) is 5.75 Å². The summed E-state index contributed by atoms with van der Waals surface area (Å²) in [7, 11) is 3.49. The quantitative estimate of drug-likeness (QED) is 0.219. The summed E-state index contributed by atoms with van der Waals surface area (Å²) in [5, 5.41) is -1.38. The second kappa shape index (κ2) is 9.36. The summed E-state index contributed by atoms with van der Waals surface area (Å²) < 4.78 is 69.9. The van der Waals surface area contributed by atoms with E-state index in [1.807, 2.05) is 0 Å². The van der Waals surface area contributed by atoms with Crippen LogP contribution in [0.15, 0.2) is 24.0 Å². The lowest BCUT2D eigenvalue weighted by atomic mass is 10.1. The topological polar surface area (TPSA) is 49.7 Å². The van der Waals surface area contributed by atoms with Crippen molar-refractivity contribution in [3.8, 4) is 16.9 Å². The third kappa shape index (κ3) is 4.96. The molecule has 164 valence electrons. The monoisotopic (exact) mass is 489 g/mol. The van der Waals surface area contributed by atoms with E-state index in [4.69, 9.17) is 44.3 Å². The van der Waals surface area contributed by atoms with Crippen LogP contribution in [-0.4, -0.2) is 31.4 Å². The van der Waals surface area contributed by atoms with Crippen LogP contribution in [0.3, 0.4) is 0 Å². The minimum absolute atomic E-state index is 0.0546. The standard InChI is InChI=1S/C18H14Cl3F4NO4/c1-26-16(18(23,24)25)15(20)14(17(26)21)9-5-12(10(19)6-11(9)22)30-7-8(28-2)4-13(27)29-3/h4-6H,7H2,1-3H3/b8-4+. The smallest absolute Gasteiger partial charge is 0.432 e. The lowest BCUT2D eigenvalue weighted by Crippen LogP contribution is -2.11. The average Bonchev–Trinajstić information content (AvgIpc) is 2.88. The molecule has 1 aromatic heterocycles. The van der Waals surface area contributed by atoms with Crippen molar-refractivity contribution in [1.82, 2.24) is 4.57 Å². The van der Waals surface area contributed by atoms with Crippen LogP contribution in [0.25, 0.3) is 11.1 Å². The number of carbonyl (C=O) groups is 1. The molecule has 0 bridgehead atoms. The van der Waals surface area contributed by atoms with E-state index in [2.05, 4.69) is 4.74 Å². The molecule has 5 nitrogen and oxygen atoms in total. The Hall–Kier alpha value is -2.10. The summed E-state index contributed by atoms with van der Waals surface area (Å²) in [4.78, 5) is 11.3. The minimum atomic E-state index is -4.82. The van der Waals surface area contributed by atoms with Crippen LogP contribution in [0.1, 0.15) is 5.69 Å². The lowest BCUT2D eigenvalue weighted by Gasteiger charge is -2.13. The fourth-order valence-electron chi connectivity index (χ4n) is 2.50. The minimum Gasteiger partial charge on any atom is -0.497 e. The van der Waals surface area contributed by atoms with E-state index in [0.717, 1.165) is 25.3 Å². The van der Waals surface area contributed by atoms with Crippen LogP contribution >= 0.6 is 34.8 Å². The van der Waals surface area contributed by atoms with E-state index in [9.17, 15) is 22.4 Å². The Balaban J connectivity index is 2.51. The molecule has 0 fully saturated rings. The van der Waals surface area contributed by atoms with Crippen molar-refractivity contribution in [2.24, 2.45) is 7.05 Å². The van der Waals surface area contributed by atoms with Crippen molar-refractivity contribution < 1.29 is 36.6 Å². The molecule has 0 amide bonds. The van der Waals surface area contributed by atoms with Gasteiger partial charge in [0.25, 0.3) is 0 Å². The summed E-state index contributed by atoms with van der Waals surface area (Å²) in [6.07, 6.45) is -3.80. The maximum atomic E-state index is 14.6. The second-order valence-electron chi connectivity index (χ2n) is 5.77. The first-order chi connectivity index (χ1) is 13.9. The predicted octanol–water partition coefficient (Wildman–Crippen LogP) is 5.89. The number of ether oxygens (including phenoxy) is 3. The van der Waals surface area contributed by atoms with E-state index in [1.165, 1.54) is 14.2 Å². The number of carbonyl (C=O) groups excluding carboxylic acids is 1. The van der Waals surface area contributed by atoms with Crippen molar-refractivity contribution in [3.63, 3.8) is 0 Å². The summed E-state index contributed by atoms with van der Waals surface area (Å²) in [5.74, 6) is -1.72. The number of hydrogen-bond acceptors (Lipinski definition) is 4. The zero-order valence-electron chi connectivity index (χ0n) is 15.7. The molecule has 12 heteroatoms. The van der Waals surface area contributed by atoms with E-state index in [1.54, 1.807) is 0 Å². The van der Waals surface area contributed by atoms with Gasteiger partial charge in [0.2, 0.25) is 0 Å². The Bertz CT molecular complexity index is 1000. The first-order valence-corrected chi connectivity index (χ1v) is 9.11. The van der Waals surface area contributed by atoms with Crippen LogP contribution in [-0.2, 0) is 27.5 Å². The van der Waals surface area contributed by atoms with Gasteiger partial charge >= 0.3 is 12.1 Å². The van der Waals surface area contributed by atoms with E-state index in [0.29, 0.717) is 4.57 Å². The first kappa shape index (κ1) is 24.2. The molecule has 30 heavy (non-hydrogen) atoms. The Labute approximate surface area is 183 Å². The van der Waals surface area contributed by atoms with E-state index in [-0.39, 0.29) is 34.3 Å². The van der Waals surface area contributed by atoms with Crippen LogP contribution in [0.4, 0.5) is 17.6 Å². The summed E-state index contributed by atoms with van der Waals surface area (Å²) in [6, 6.07) is 1.89. The number of rotatable bonds is 6. The third-order valence-electron chi connectivity index (χ3n) is 3.94. The highest BCUT2D eigenvalue weighted by molar-refractivity contribution is 6.40. The van der Waals surface area contributed by atoms with Gasteiger partial charge in [-0.1, -0.05) is 34.8 Å². The fraction of sp³-hybridized carbons (Fsp3) is 0.278. The number of aromatic nitrogens is 1. The predicted molar refractivity (Wildman–Crippen MR) is 103 cm³/mol. The normalized spacial score (nSPS) is 12.1. The van der Waals surface area contributed by atoms with E-state index >= 15 is 0 Å². The summed E-state index contributed by atoms with van der Waals surface area (Å²) in [5.41, 5.74) is -1.96. The highest BCUT2D eigenvalue weighted by atomic mass is 35.5. The van der Waals surface area contributed by atoms with Gasteiger partial charge in [0.05, 0.1) is 30.3 Å². The van der Waals surface area contributed by atoms with Gasteiger partial charge in [-0.3, -0.25) is 0 Å². The molecule has 2 rings (SSSR count). The molecular formula is C18H14Cl3F4NO4. The van der Waals surface area contributed by atoms with Crippen molar-refractivity contribution in [3.05, 3.63) is 50.7 Å². The zero-order chi connectivity index (χ0) is 22.8. The molecule has 1 heterocycles. The highest BCUT2D eigenvalue weighted by Crippen LogP contribution is 2.47.